The van der Waals surface area contributed by atoms with E-state index in [4.69, 9.17) is 10.5 Å². The summed E-state index contributed by atoms with van der Waals surface area (Å²) in [5.41, 5.74) is 5.60. The second-order valence-corrected chi connectivity index (χ2v) is 7.34. The summed E-state index contributed by atoms with van der Waals surface area (Å²) < 4.78 is 5.33. The average molecular weight is 438 g/mol. The predicted octanol–water partition coefficient (Wildman–Crippen LogP) is 2.71. The summed E-state index contributed by atoms with van der Waals surface area (Å²) in [5, 5.41) is 2.95. The van der Waals surface area contributed by atoms with Crippen molar-refractivity contribution < 1.29 is 9.53 Å². The Bertz CT molecular complexity index is 413. The first-order valence-corrected chi connectivity index (χ1v) is 8.39. The number of carbonyl (C=O) groups is 1. The number of nitrogens with two attached hydrogens (primary N) is 1. The molecule has 1 aliphatic carbocycles. The summed E-state index contributed by atoms with van der Waals surface area (Å²) in [6, 6.07) is 0.0261. The van der Waals surface area contributed by atoms with Crippen molar-refractivity contribution in [1.29, 1.82) is 0 Å². The number of ether oxygens (including phenoxy) is 1. The van der Waals surface area contributed by atoms with Crippen LogP contribution in [0.2, 0.25) is 0 Å². The fraction of sp³-hybridized carbons (Fsp3) is 0.875. The van der Waals surface area contributed by atoms with Gasteiger partial charge in [0.25, 0.3) is 0 Å². The minimum absolute atomic E-state index is 0. The summed E-state index contributed by atoms with van der Waals surface area (Å²) in [7, 11) is 0. The molecule has 7 heteroatoms. The number of halogens is 1. The molecule has 1 saturated heterocycles. The minimum Gasteiger partial charge on any atom is -0.444 e. The van der Waals surface area contributed by atoms with Crippen LogP contribution in [-0.2, 0) is 4.74 Å². The Balaban J connectivity index is 0.00000264. The zero-order valence-electron chi connectivity index (χ0n) is 14.5. The Morgan fingerprint density at radius 3 is 2.43 bits per heavy atom. The van der Waals surface area contributed by atoms with Gasteiger partial charge in [0, 0.05) is 13.1 Å². The molecule has 1 heterocycles. The van der Waals surface area contributed by atoms with Crippen molar-refractivity contribution in [2.24, 2.45) is 16.6 Å². The van der Waals surface area contributed by atoms with Gasteiger partial charge in [0.2, 0.25) is 0 Å². The first-order chi connectivity index (χ1) is 10.3. The highest BCUT2D eigenvalue weighted by Gasteiger charge is 2.33. The molecule has 1 unspecified atom stereocenters. The van der Waals surface area contributed by atoms with Gasteiger partial charge in [-0.3, -0.25) is 4.99 Å². The third-order valence-electron chi connectivity index (χ3n) is 4.02. The van der Waals surface area contributed by atoms with Gasteiger partial charge in [0.15, 0.2) is 5.96 Å². The van der Waals surface area contributed by atoms with Gasteiger partial charge in [0.1, 0.15) is 5.60 Å². The smallest absolute Gasteiger partial charge is 0.407 e. The number of hydrogen-bond donors (Lipinski definition) is 2. The molecular formula is C16H31IN4O2. The van der Waals surface area contributed by atoms with Crippen molar-refractivity contribution in [3.63, 3.8) is 0 Å². The summed E-state index contributed by atoms with van der Waals surface area (Å²) in [5.74, 6) is 1.11. The van der Waals surface area contributed by atoms with E-state index in [0.717, 1.165) is 25.9 Å². The van der Waals surface area contributed by atoms with E-state index in [-0.39, 0.29) is 36.1 Å². The van der Waals surface area contributed by atoms with E-state index in [1.54, 1.807) is 0 Å². The maximum absolute atomic E-state index is 11.9. The highest BCUT2D eigenvalue weighted by molar-refractivity contribution is 14.0. The Morgan fingerprint density at radius 2 is 1.91 bits per heavy atom. The number of likely N-dealkylation sites (tertiary alicyclic amines) is 1. The van der Waals surface area contributed by atoms with Crippen LogP contribution in [0.15, 0.2) is 4.99 Å². The number of hydrogen-bond acceptors (Lipinski definition) is 3. The van der Waals surface area contributed by atoms with Crippen molar-refractivity contribution in [3.8, 4) is 0 Å². The molecule has 0 aromatic rings. The van der Waals surface area contributed by atoms with Gasteiger partial charge < -0.3 is 20.7 Å². The molecule has 2 rings (SSSR count). The summed E-state index contributed by atoms with van der Waals surface area (Å²) in [6.45, 7) is 8.11. The topological polar surface area (TPSA) is 79.9 Å². The molecule has 0 aromatic carbocycles. The zero-order chi connectivity index (χ0) is 16.2. The second-order valence-electron chi connectivity index (χ2n) is 7.34. The van der Waals surface area contributed by atoms with Gasteiger partial charge in [-0.15, -0.1) is 24.0 Å². The van der Waals surface area contributed by atoms with E-state index < -0.39 is 5.60 Å². The zero-order valence-corrected chi connectivity index (χ0v) is 16.8. The van der Waals surface area contributed by atoms with Crippen molar-refractivity contribution in [1.82, 2.24) is 10.2 Å². The van der Waals surface area contributed by atoms with Crippen LogP contribution >= 0.6 is 24.0 Å². The Hall–Kier alpha value is -0.730. The normalized spacial score (nSPS) is 20.5. The Kier molecular flexibility index (Phi) is 7.89. The summed E-state index contributed by atoms with van der Waals surface area (Å²) in [4.78, 5) is 18.6. The van der Waals surface area contributed by atoms with Gasteiger partial charge in [-0.2, -0.15) is 0 Å². The van der Waals surface area contributed by atoms with E-state index in [2.05, 4.69) is 15.2 Å². The van der Waals surface area contributed by atoms with Gasteiger partial charge >= 0.3 is 6.09 Å². The predicted molar refractivity (Wildman–Crippen MR) is 103 cm³/mol. The number of piperidine rings is 1. The van der Waals surface area contributed by atoms with Crippen LogP contribution in [0, 0.1) is 5.92 Å². The number of nitrogens with zero attached hydrogens (tertiary/aromatic N) is 2. The Labute approximate surface area is 156 Å². The number of rotatable bonds is 4. The van der Waals surface area contributed by atoms with Gasteiger partial charge in [-0.25, -0.2) is 4.79 Å². The van der Waals surface area contributed by atoms with E-state index in [1.807, 2.05) is 20.8 Å². The first-order valence-electron chi connectivity index (χ1n) is 8.39. The molecule has 0 radical (unpaired) electrons. The van der Waals surface area contributed by atoms with Crippen molar-refractivity contribution in [2.75, 3.05) is 19.6 Å². The molecule has 0 spiro atoms. The maximum Gasteiger partial charge on any atom is 0.407 e. The molecule has 0 bridgehead atoms. The molecule has 1 aliphatic heterocycles. The first kappa shape index (κ1) is 20.3. The van der Waals surface area contributed by atoms with Crippen molar-refractivity contribution in [2.45, 2.75) is 64.5 Å². The molecule has 1 atom stereocenters. The van der Waals surface area contributed by atoms with Crippen molar-refractivity contribution >= 4 is 36.0 Å². The second kappa shape index (κ2) is 8.94. The lowest BCUT2D eigenvalue weighted by molar-refractivity contribution is 0.0500. The van der Waals surface area contributed by atoms with E-state index in [0.29, 0.717) is 18.4 Å². The summed E-state index contributed by atoms with van der Waals surface area (Å²) in [6.07, 6.45) is 5.54. The maximum atomic E-state index is 11.9. The molecule has 1 amide bonds. The number of carbonyl (C=O) groups excluding carboxylic acids is 1. The van der Waals surface area contributed by atoms with Crippen LogP contribution in [0.1, 0.15) is 52.9 Å². The molecule has 6 nitrogen and oxygen atoms in total. The number of amides is 1. The lowest BCUT2D eigenvalue weighted by Gasteiger charge is -2.28. The van der Waals surface area contributed by atoms with Gasteiger partial charge in [0.05, 0.1) is 12.6 Å². The van der Waals surface area contributed by atoms with E-state index in [9.17, 15) is 4.79 Å². The standard InChI is InChI=1S/C16H30N4O2.HI/c1-16(2,3)22-15(21)19-13(12-7-8-12)11-18-14(17)20-9-5-4-6-10-20;/h12-13H,4-11H2,1-3H3,(H2,17,18)(H,19,21);1H. The Morgan fingerprint density at radius 1 is 1.30 bits per heavy atom. The number of guanidine groups is 1. The SMILES string of the molecule is CC(C)(C)OC(=O)NC(CN=C(N)N1CCCCC1)C1CC1.I. The molecule has 23 heavy (non-hydrogen) atoms. The lowest BCUT2D eigenvalue weighted by Crippen LogP contribution is -2.44. The van der Waals surface area contributed by atoms with E-state index >= 15 is 0 Å². The van der Waals surface area contributed by atoms with Crippen LogP contribution in [0.25, 0.3) is 0 Å². The molecule has 3 N–H and O–H groups in total. The molecule has 0 aromatic heterocycles. The fourth-order valence-electron chi connectivity index (χ4n) is 2.68. The molecular weight excluding hydrogens is 407 g/mol. The monoisotopic (exact) mass is 438 g/mol. The largest absolute Gasteiger partial charge is 0.444 e. The number of alkyl carbamates (subject to hydrolysis) is 1. The van der Waals surface area contributed by atoms with Crippen LogP contribution in [0.4, 0.5) is 4.79 Å². The van der Waals surface area contributed by atoms with Gasteiger partial charge in [-0.05, 0) is 58.8 Å². The van der Waals surface area contributed by atoms with Crippen LogP contribution in [0.5, 0.6) is 0 Å². The molecule has 2 fully saturated rings. The third-order valence-corrected chi connectivity index (χ3v) is 4.02. The number of nitrogens with one attached hydrogen (secondary N) is 1. The average Bonchev–Trinajstić information content (AvgIpc) is 3.26. The molecule has 2 aliphatic rings. The van der Waals surface area contributed by atoms with Crippen LogP contribution in [-0.4, -0.2) is 48.2 Å². The highest BCUT2D eigenvalue weighted by Crippen LogP contribution is 2.33. The van der Waals surface area contributed by atoms with Gasteiger partial charge in [-0.1, -0.05) is 0 Å². The molecule has 134 valence electrons. The third kappa shape index (κ3) is 7.58. The molecule has 1 saturated carbocycles. The highest BCUT2D eigenvalue weighted by atomic mass is 127. The number of aliphatic imine (C=N–C) groups is 1. The quantitative estimate of drug-likeness (QED) is 0.402. The van der Waals surface area contributed by atoms with Crippen molar-refractivity contribution in [3.05, 3.63) is 0 Å². The van der Waals surface area contributed by atoms with E-state index in [1.165, 1.54) is 19.3 Å². The fourth-order valence-corrected chi connectivity index (χ4v) is 2.68. The lowest BCUT2D eigenvalue weighted by atomic mass is 10.1. The van der Waals surface area contributed by atoms with Crippen LogP contribution in [0.3, 0.4) is 0 Å². The van der Waals surface area contributed by atoms with Crippen LogP contribution < -0.4 is 11.1 Å². The minimum atomic E-state index is -0.478. The summed E-state index contributed by atoms with van der Waals surface area (Å²) >= 11 is 0.